The minimum Gasteiger partial charge on any atom is -0.497 e. The predicted molar refractivity (Wildman–Crippen MR) is 112 cm³/mol. The molecule has 1 amide bonds. The van der Waals surface area contributed by atoms with Crippen LogP contribution in [0.5, 0.6) is 17.2 Å². The molecule has 6 heteroatoms. The van der Waals surface area contributed by atoms with Crippen molar-refractivity contribution in [2.24, 2.45) is 0 Å². The molecule has 2 aromatic heterocycles. The van der Waals surface area contributed by atoms with Crippen LogP contribution in [0.3, 0.4) is 0 Å². The van der Waals surface area contributed by atoms with Crippen LogP contribution in [0.1, 0.15) is 16.1 Å². The van der Waals surface area contributed by atoms with Gasteiger partial charge >= 0.3 is 0 Å². The maximum atomic E-state index is 12.6. The molecule has 0 aliphatic carbocycles. The van der Waals surface area contributed by atoms with Crippen LogP contribution in [0.2, 0.25) is 0 Å². The zero-order valence-corrected chi connectivity index (χ0v) is 16.0. The van der Waals surface area contributed by atoms with E-state index in [1.54, 1.807) is 31.6 Å². The van der Waals surface area contributed by atoms with Crippen LogP contribution in [-0.2, 0) is 0 Å². The van der Waals surface area contributed by atoms with Crippen LogP contribution in [0.25, 0.3) is 10.9 Å². The minimum absolute atomic E-state index is 0.275. The molecule has 0 radical (unpaired) electrons. The second-order valence-corrected chi connectivity index (χ2v) is 6.48. The van der Waals surface area contributed by atoms with Crippen molar-refractivity contribution in [3.8, 4) is 17.2 Å². The number of hydrogen-bond donors (Lipinski definition) is 1. The number of rotatable bonds is 5. The molecule has 0 saturated heterocycles. The Morgan fingerprint density at radius 2 is 1.90 bits per heavy atom. The highest BCUT2D eigenvalue weighted by atomic mass is 16.5. The Hall–Kier alpha value is -3.93. The lowest BCUT2D eigenvalue weighted by atomic mass is 10.1. The van der Waals surface area contributed by atoms with E-state index < -0.39 is 0 Å². The summed E-state index contributed by atoms with van der Waals surface area (Å²) in [7, 11) is 1.62. The normalized spacial score (nSPS) is 10.6. The number of anilines is 1. The SMILES string of the molecule is COc1ccc2nc(C(=O)Nc3ccc(Oc4cccnc4)c(C)c3)ccc2c1. The number of ether oxygens (including phenoxy) is 2. The largest absolute Gasteiger partial charge is 0.497 e. The average Bonchev–Trinajstić information content (AvgIpc) is 2.75. The first-order chi connectivity index (χ1) is 14.1. The van der Waals surface area contributed by atoms with Crippen molar-refractivity contribution in [1.29, 1.82) is 0 Å². The quantitative estimate of drug-likeness (QED) is 0.524. The van der Waals surface area contributed by atoms with Gasteiger partial charge in [-0.1, -0.05) is 6.07 Å². The molecule has 144 valence electrons. The molecule has 0 aliphatic rings. The average molecular weight is 385 g/mol. The first-order valence-corrected chi connectivity index (χ1v) is 9.07. The number of pyridine rings is 2. The summed E-state index contributed by atoms with van der Waals surface area (Å²) in [6, 6.07) is 18.2. The molecule has 1 N–H and O–H groups in total. The van der Waals surface area contributed by atoms with Gasteiger partial charge in [-0.15, -0.1) is 0 Å². The van der Waals surface area contributed by atoms with E-state index in [4.69, 9.17) is 9.47 Å². The van der Waals surface area contributed by atoms with Gasteiger partial charge in [-0.3, -0.25) is 9.78 Å². The van der Waals surface area contributed by atoms with E-state index in [0.29, 0.717) is 22.9 Å². The smallest absolute Gasteiger partial charge is 0.274 e. The number of nitrogens with zero attached hydrogens (tertiary/aromatic N) is 2. The maximum absolute atomic E-state index is 12.6. The molecule has 2 aromatic carbocycles. The Morgan fingerprint density at radius 3 is 2.66 bits per heavy atom. The van der Waals surface area contributed by atoms with Gasteiger partial charge in [-0.05, 0) is 67.1 Å². The zero-order chi connectivity index (χ0) is 20.2. The molecule has 0 saturated carbocycles. The van der Waals surface area contributed by atoms with E-state index in [1.807, 2.05) is 55.5 Å². The number of carbonyl (C=O) groups excluding carboxylic acids is 1. The van der Waals surface area contributed by atoms with Gasteiger partial charge in [0.25, 0.3) is 5.91 Å². The maximum Gasteiger partial charge on any atom is 0.274 e. The number of carbonyl (C=O) groups is 1. The number of aromatic nitrogens is 2. The molecule has 29 heavy (non-hydrogen) atoms. The highest BCUT2D eigenvalue weighted by Gasteiger charge is 2.11. The molecule has 2 heterocycles. The van der Waals surface area contributed by atoms with Crippen molar-refractivity contribution in [2.45, 2.75) is 6.92 Å². The van der Waals surface area contributed by atoms with Gasteiger partial charge in [0.2, 0.25) is 0 Å². The van der Waals surface area contributed by atoms with Crippen LogP contribution in [0.4, 0.5) is 5.69 Å². The standard InChI is InChI=1S/C23H19N3O3/c1-15-12-17(6-10-22(15)29-19-4-3-11-24-14-19)25-23(27)21-8-5-16-13-18(28-2)7-9-20(16)26-21/h3-14H,1-2H3,(H,25,27). The second kappa shape index (κ2) is 7.98. The zero-order valence-electron chi connectivity index (χ0n) is 16.0. The summed E-state index contributed by atoms with van der Waals surface area (Å²) < 4.78 is 11.0. The number of fused-ring (bicyclic) bond motifs is 1. The number of nitrogens with one attached hydrogen (secondary N) is 1. The fourth-order valence-electron chi connectivity index (χ4n) is 2.93. The molecule has 4 rings (SSSR count). The van der Waals surface area contributed by atoms with Crippen LogP contribution in [-0.4, -0.2) is 23.0 Å². The van der Waals surface area contributed by atoms with Gasteiger partial charge in [0.15, 0.2) is 0 Å². The number of hydrogen-bond acceptors (Lipinski definition) is 5. The van der Waals surface area contributed by atoms with E-state index >= 15 is 0 Å². The van der Waals surface area contributed by atoms with Crippen molar-refractivity contribution in [3.63, 3.8) is 0 Å². The minimum atomic E-state index is -0.275. The summed E-state index contributed by atoms with van der Waals surface area (Å²) in [6.45, 7) is 1.92. The summed E-state index contributed by atoms with van der Waals surface area (Å²) >= 11 is 0. The van der Waals surface area contributed by atoms with Crippen molar-refractivity contribution in [2.75, 3.05) is 12.4 Å². The first kappa shape index (κ1) is 18.4. The fourth-order valence-corrected chi connectivity index (χ4v) is 2.93. The van der Waals surface area contributed by atoms with E-state index in [0.717, 1.165) is 22.2 Å². The molecule has 0 bridgehead atoms. The molecule has 0 atom stereocenters. The van der Waals surface area contributed by atoms with Gasteiger partial charge in [-0.25, -0.2) is 4.98 Å². The third kappa shape index (κ3) is 4.16. The topological polar surface area (TPSA) is 73.3 Å². The second-order valence-electron chi connectivity index (χ2n) is 6.48. The van der Waals surface area contributed by atoms with E-state index in [9.17, 15) is 4.79 Å². The van der Waals surface area contributed by atoms with Crippen LogP contribution < -0.4 is 14.8 Å². The van der Waals surface area contributed by atoms with Gasteiger partial charge in [-0.2, -0.15) is 0 Å². The van der Waals surface area contributed by atoms with Gasteiger partial charge < -0.3 is 14.8 Å². The lowest BCUT2D eigenvalue weighted by Crippen LogP contribution is -2.13. The number of amides is 1. The third-order valence-corrected chi connectivity index (χ3v) is 4.42. The Balaban J connectivity index is 1.50. The van der Waals surface area contributed by atoms with Crippen molar-refractivity contribution >= 4 is 22.5 Å². The number of benzene rings is 2. The van der Waals surface area contributed by atoms with E-state index in [-0.39, 0.29) is 5.91 Å². The first-order valence-electron chi connectivity index (χ1n) is 9.07. The molecule has 0 unspecified atom stereocenters. The molecular weight excluding hydrogens is 366 g/mol. The number of aryl methyl sites for hydroxylation is 1. The lowest BCUT2D eigenvalue weighted by molar-refractivity contribution is 0.102. The Bertz CT molecular complexity index is 1180. The number of methoxy groups -OCH3 is 1. The predicted octanol–water partition coefficient (Wildman–Crippen LogP) is 4.99. The van der Waals surface area contributed by atoms with Gasteiger partial charge in [0.05, 0.1) is 18.8 Å². The van der Waals surface area contributed by atoms with Crippen LogP contribution in [0.15, 0.2) is 73.1 Å². The molecular formula is C23H19N3O3. The van der Waals surface area contributed by atoms with Crippen molar-refractivity contribution < 1.29 is 14.3 Å². The third-order valence-electron chi connectivity index (χ3n) is 4.42. The molecule has 0 fully saturated rings. The Morgan fingerprint density at radius 1 is 1.00 bits per heavy atom. The highest BCUT2D eigenvalue weighted by Crippen LogP contribution is 2.27. The van der Waals surface area contributed by atoms with Crippen molar-refractivity contribution in [3.05, 3.63) is 84.3 Å². The summed E-state index contributed by atoms with van der Waals surface area (Å²) in [5.74, 6) is 1.83. The lowest BCUT2D eigenvalue weighted by Gasteiger charge is -2.11. The fraction of sp³-hybridized carbons (Fsp3) is 0.0870. The molecule has 0 spiro atoms. The summed E-state index contributed by atoms with van der Waals surface area (Å²) in [6.07, 6.45) is 3.34. The monoisotopic (exact) mass is 385 g/mol. The van der Waals surface area contributed by atoms with Crippen LogP contribution >= 0.6 is 0 Å². The Kier molecular flexibility index (Phi) is 5.07. The molecule has 0 aliphatic heterocycles. The molecule has 4 aromatic rings. The van der Waals surface area contributed by atoms with Gasteiger partial charge in [0.1, 0.15) is 22.9 Å². The van der Waals surface area contributed by atoms with Crippen LogP contribution in [0, 0.1) is 6.92 Å². The van der Waals surface area contributed by atoms with Gasteiger partial charge in [0, 0.05) is 17.3 Å². The highest BCUT2D eigenvalue weighted by molar-refractivity contribution is 6.04. The summed E-state index contributed by atoms with van der Waals surface area (Å²) in [5, 5.41) is 3.79. The molecule has 6 nitrogen and oxygen atoms in total. The summed E-state index contributed by atoms with van der Waals surface area (Å²) in [5.41, 5.74) is 2.64. The Labute approximate surface area is 168 Å². The van der Waals surface area contributed by atoms with E-state index in [1.165, 1.54) is 0 Å². The van der Waals surface area contributed by atoms with E-state index in [2.05, 4.69) is 15.3 Å². The summed E-state index contributed by atoms with van der Waals surface area (Å²) in [4.78, 5) is 21.1. The van der Waals surface area contributed by atoms with Crippen molar-refractivity contribution in [1.82, 2.24) is 9.97 Å².